The fourth-order valence-electron chi connectivity index (χ4n) is 2.34. The highest BCUT2D eigenvalue weighted by Gasteiger charge is 2.13. The second kappa shape index (κ2) is 6.90. The topological polar surface area (TPSA) is 77.8 Å². The van der Waals surface area contributed by atoms with Gasteiger partial charge in [-0.3, -0.25) is 0 Å². The van der Waals surface area contributed by atoms with Crippen molar-refractivity contribution in [2.75, 3.05) is 0 Å². The summed E-state index contributed by atoms with van der Waals surface area (Å²) in [5.41, 5.74) is 2.96. The molecule has 0 fully saturated rings. The second-order valence-corrected chi connectivity index (χ2v) is 6.28. The third-order valence-corrected chi connectivity index (χ3v) is 4.40. The third kappa shape index (κ3) is 3.46. The van der Waals surface area contributed by atoms with Gasteiger partial charge in [0, 0.05) is 11.1 Å². The molecule has 0 aliphatic heterocycles. The molecule has 0 unspecified atom stereocenters. The summed E-state index contributed by atoms with van der Waals surface area (Å²) in [5, 5.41) is 12.6. The highest BCUT2D eigenvalue weighted by molar-refractivity contribution is 7.98. The van der Waals surface area contributed by atoms with Crippen LogP contribution < -0.4 is 0 Å². The van der Waals surface area contributed by atoms with Crippen LogP contribution in [-0.4, -0.2) is 20.3 Å². The normalized spacial score (nSPS) is 10.9. The van der Waals surface area contributed by atoms with E-state index in [0.717, 1.165) is 16.7 Å². The van der Waals surface area contributed by atoms with Crippen LogP contribution in [0, 0.1) is 6.92 Å². The van der Waals surface area contributed by atoms with Gasteiger partial charge in [-0.25, -0.2) is 0 Å². The number of hydrogen-bond acceptors (Lipinski definition) is 7. The third-order valence-electron chi connectivity index (χ3n) is 3.60. The lowest BCUT2D eigenvalue weighted by Crippen LogP contribution is -1.85. The molecule has 0 aliphatic carbocycles. The first-order chi connectivity index (χ1) is 12.3. The van der Waals surface area contributed by atoms with Crippen LogP contribution in [0.1, 0.15) is 11.5 Å². The SMILES string of the molecule is Cc1ccccc1-c1noc(CSc2nnc(-c3ccccc3)o2)n1. The van der Waals surface area contributed by atoms with Crippen molar-refractivity contribution in [3.8, 4) is 22.8 Å². The number of hydrogen-bond donors (Lipinski definition) is 0. The van der Waals surface area contributed by atoms with E-state index in [0.29, 0.717) is 28.6 Å². The number of nitrogens with zero attached hydrogens (tertiary/aromatic N) is 4. The number of aryl methyl sites for hydroxylation is 1. The van der Waals surface area contributed by atoms with E-state index in [4.69, 9.17) is 8.94 Å². The van der Waals surface area contributed by atoms with E-state index in [1.807, 2.05) is 61.5 Å². The summed E-state index contributed by atoms with van der Waals surface area (Å²) in [7, 11) is 0. The maximum absolute atomic E-state index is 5.65. The van der Waals surface area contributed by atoms with Crippen LogP contribution in [0.3, 0.4) is 0 Å². The number of aromatic nitrogens is 4. The van der Waals surface area contributed by atoms with Crippen LogP contribution in [-0.2, 0) is 5.75 Å². The Hall–Kier alpha value is -2.93. The van der Waals surface area contributed by atoms with E-state index in [2.05, 4.69) is 20.3 Å². The van der Waals surface area contributed by atoms with E-state index in [9.17, 15) is 0 Å². The predicted molar refractivity (Wildman–Crippen MR) is 93.8 cm³/mol. The Balaban J connectivity index is 1.44. The van der Waals surface area contributed by atoms with Gasteiger partial charge in [0.25, 0.3) is 5.22 Å². The van der Waals surface area contributed by atoms with Crippen molar-refractivity contribution in [1.82, 2.24) is 20.3 Å². The first kappa shape index (κ1) is 15.6. The van der Waals surface area contributed by atoms with Gasteiger partial charge in [0.15, 0.2) is 0 Å². The Morgan fingerprint density at radius 1 is 0.960 bits per heavy atom. The van der Waals surface area contributed by atoms with E-state index in [1.165, 1.54) is 11.8 Å². The average Bonchev–Trinajstić information content (AvgIpc) is 3.31. The number of benzene rings is 2. The molecule has 124 valence electrons. The monoisotopic (exact) mass is 350 g/mol. The van der Waals surface area contributed by atoms with Crippen LogP contribution in [0.2, 0.25) is 0 Å². The Bertz CT molecular complexity index is 981. The van der Waals surface area contributed by atoms with Crippen molar-refractivity contribution in [1.29, 1.82) is 0 Å². The lowest BCUT2D eigenvalue weighted by Gasteiger charge is -1.97. The molecule has 0 amide bonds. The maximum Gasteiger partial charge on any atom is 0.277 e. The fourth-order valence-corrected chi connectivity index (χ4v) is 2.94. The minimum Gasteiger partial charge on any atom is -0.411 e. The van der Waals surface area contributed by atoms with Gasteiger partial charge >= 0.3 is 0 Å². The van der Waals surface area contributed by atoms with Crippen molar-refractivity contribution < 1.29 is 8.94 Å². The molecule has 0 aliphatic rings. The summed E-state index contributed by atoms with van der Waals surface area (Å²) in [6.07, 6.45) is 0. The van der Waals surface area contributed by atoms with Crippen LogP contribution in [0.25, 0.3) is 22.8 Å². The summed E-state index contributed by atoms with van der Waals surface area (Å²) in [6, 6.07) is 17.6. The molecular weight excluding hydrogens is 336 g/mol. The highest BCUT2D eigenvalue weighted by Crippen LogP contribution is 2.26. The molecule has 6 nitrogen and oxygen atoms in total. The Kier molecular flexibility index (Phi) is 4.30. The Labute approximate surface area is 148 Å². The van der Waals surface area contributed by atoms with E-state index in [1.54, 1.807) is 0 Å². The zero-order valence-electron chi connectivity index (χ0n) is 13.4. The zero-order chi connectivity index (χ0) is 17.1. The van der Waals surface area contributed by atoms with Gasteiger partial charge in [-0.05, 0) is 24.6 Å². The largest absolute Gasteiger partial charge is 0.411 e. The van der Waals surface area contributed by atoms with Gasteiger partial charge in [0.2, 0.25) is 17.6 Å². The summed E-state index contributed by atoms with van der Waals surface area (Å²) >= 11 is 1.37. The summed E-state index contributed by atoms with van der Waals surface area (Å²) in [6.45, 7) is 2.02. The molecular formula is C18H14N4O2S. The van der Waals surface area contributed by atoms with Gasteiger partial charge < -0.3 is 8.94 Å². The summed E-state index contributed by atoms with van der Waals surface area (Å²) < 4.78 is 11.0. The molecule has 2 aromatic heterocycles. The van der Waals surface area contributed by atoms with Gasteiger partial charge in [0.1, 0.15) is 0 Å². The first-order valence-electron chi connectivity index (χ1n) is 7.70. The van der Waals surface area contributed by atoms with Gasteiger partial charge in [-0.1, -0.05) is 59.4 Å². The molecule has 2 heterocycles. The van der Waals surface area contributed by atoms with Crippen molar-refractivity contribution in [2.24, 2.45) is 0 Å². The standard InChI is InChI=1S/C18H14N4O2S/c1-12-7-5-6-10-14(12)16-19-15(24-22-16)11-25-18-21-20-17(23-18)13-8-3-2-4-9-13/h2-10H,11H2,1H3. The second-order valence-electron chi connectivity index (χ2n) is 5.35. The van der Waals surface area contributed by atoms with Crippen LogP contribution in [0.15, 0.2) is 68.8 Å². The molecule has 0 saturated heterocycles. The molecule has 25 heavy (non-hydrogen) atoms. The zero-order valence-corrected chi connectivity index (χ0v) is 14.2. The van der Waals surface area contributed by atoms with Crippen LogP contribution >= 0.6 is 11.8 Å². The van der Waals surface area contributed by atoms with Crippen molar-refractivity contribution >= 4 is 11.8 Å². The van der Waals surface area contributed by atoms with E-state index >= 15 is 0 Å². The predicted octanol–water partition coefficient (Wildman–Crippen LogP) is 4.39. The number of thioether (sulfide) groups is 1. The Morgan fingerprint density at radius 3 is 2.60 bits per heavy atom. The Morgan fingerprint density at radius 2 is 1.76 bits per heavy atom. The minimum absolute atomic E-state index is 0.467. The summed E-state index contributed by atoms with van der Waals surface area (Å²) in [4.78, 5) is 4.43. The van der Waals surface area contributed by atoms with E-state index in [-0.39, 0.29) is 0 Å². The molecule has 0 bridgehead atoms. The highest BCUT2D eigenvalue weighted by atomic mass is 32.2. The van der Waals surface area contributed by atoms with Gasteiger partial charge in [-0.2, -0.15) is 4.98 Å². The molecule has 0 atom stereocenters. The van der Waals surface area contributed by atoms with Crippen molar-refractivity contribution in [2.45, 2.75) is 17.9 Å². The molecule has 4 rings (SSSR count). The molecule has 0 radical (unpaired) electrons. The lowest BCUT2D eigenvalue weighted by atomic mass is 10.1. The van der Waals surface area contributed by atoms with Gasteiger partial charge in [-0.15, -0.1) is 10.2 Å². The minimum atomic E-state index is 0.467. The molecule has 4 aromatic rings. The van der Waals surface area contributed by atoms with Crippen molar-refractivity contribution in [3.63, 3.8) is 0 Å². The maximum atomic E-state index is 5.65. The van der Waals surface area contributed by atoms with E-state index < -0.39 is 0 Å². The lowest BCUT2D eigenvalue weighted by molar-refractivity contribution is 0.391. The molecule has 0 N–H and O–H groups in total. The summed E-state index contributed by atoms with van der Waals surface area (Å²) in [5.74, 6) is 2.07. The van der Waals surface area contributed by atoms with Gasteiger partial charge in [0.05, 0.1) is 5.75 Å². The smallest absolute Gasteiger partial charge is 0.277 e. The fraction of sp³-hybridized carbons (Fsp3) is 0.111. The van der Waals surface area contributed by atoms with Crippen LogP contribution in [0.4, 0.5) is 0 Å². The molecule has 7 heteroatoms. The quantitative estimate of drug-likeness (QED) is 0.494. The average molecular weight is 350 g/mol. The number of rotatable bonds is 5. The molecule has 2 aromatic carbocycles. The first-order valence-corrected chi connectivity index (χ1v) is 8.68. The van der Waals surface area contributed by atoms with Crippen LogP contribution in [0.5, 0.6) is 0 Å². The molecule has 0 saturated carbocycles. The van der Waals surface area contributed by atoms with Crippen molar-refractivity contribution in [3.05, 3.63) is 66.1 Å². The molecule has 0 spiro atoms.